The molecule has 1 N–H and O–H groups in total. The lowest BCUT2D eigenvalue weighted by Crippen LogP contribution is -2.46. The van der Waals surface area contributed by atoms with Crippen molar-refractivity contribution in [3.8, 4) is 0 Å². The van der Waals surface area contributed by atoms with Gasteiger partial charge >= 0.3 is 0 Å². The molecule has 1 atom stereocenters. The van der Waals surface area contributed by atoms with E-state index in [1.807, 2.05) is 6.20 Å². The van der Waals surface area contributed by atoms with Gasteiger partial charge < -0.3 is 5.32 Å². The van der Waals surface area contributed by atoms with E-state index in [0.717, 1.165) is 37.6 Å². The van der Waals surface area contributed by atoms with Crippen LogP contribution in [0.1, 0.15) is 37.3 Å². The first kappa shape index (κ1) is 14.2. The summed E-state index contributed by atoms with van der Waals surface area (Å²) in [6.07, 6.45) is 7.56. The summed E-state index contributed by atoms with van der Waals surface area (Å²) >= 11 is 0. The molecule has 1 aliphatic heterocycles. The first-order valence-corrected chi connectivity index (χ1v) is 8.72. The molecule has 3 nitrogen and oxygen atoms in total. The minimum atomic E-state index is 0.567. The van der Waals surface area contributed by atoms with Gasteiger partial charge in [0.15, 0.2) is 0 Å². The van der Waals surface area contributed by atoms with E-state index in [0.29, 0.717) is 6.04 Å². The summed E-state index contributed by atoms with van der Waals surface area (Å²) in [7, 11) is 0. The lowest BCUT2D eigenvalue weighted by Gasteiger charge is -2.39. The molecule has 1 aromatic heterocycles. The number of benzene rings is 1. The highest BCUT2D eigenvalue weighted by atomic mass is 15.2. The van der Waals surface area contributed by atoms with E-state index in [1.54, 1.807) is 0 Å². The molecule has 1 aromatic carbocycles. The summed E-state index contributed by atoms with van der Waals surface area (Å²) in [6, 6.07) is 11.5. The molecule has 0 radical (unpaired) electrons. The Kier molecular flexibility index (Phi) is 4.09. The van der Waals surface area contributed by atoms with Crippen molar-refractivity contribution in [2.24, 2.45) is 5.92 Å². The van der Waals surface area contributed by atoms with Crippen LogP contribution in [0.3, 0.4) is 0 Å². The number of nitrogens with one attached hydrogen (secondary N) is 1. The fraction of sp³-hybridized carbons (Fsp3) is 0.526. The molecular formula is C19H25N3. The van der Waals surface area contributed by atoms with Gasteiger partial charge in [-0.25, -0.2) is 0 Å². The number of nitrogens with zero attached hydrogens (tertiary/aromatic N) is 2. The lowest BCUT2D eigenvalue weighted by atomic mass is 9.88. The second kappa shape index (κ2) is 6.35. The number of pyridine rings is 1. The molecule has 116 valence electrons. The van der Waals surface area contributed by atoms with E-state index in [9.17, 15) is 0 Å². The van der Waals surface area contributed by atoms with Gasteiger partial charge in [-0.3, -0.25) is 9.88 Å². The largest absolute Gasteiger partial charge is 0.314 e. The van der Waals surface area contributed by atoms with Gasteiger partial charge in [-0.15, -0.1) is 0 Å². The molecular weight excluding hydrogens is 270 g/mol. The Labute approximate surface area is 132 Å². The number of hydrogen-bond donors (Lipinski definition) is 1. The quantitative estimate of drug-likeness (QED) is 0.941. The van der Waals surface area contributed by atoms with Gasteiger partial charge in [-0.2, -0.15) is 0 Å². The zero-order valence-electron chi connectivity index (χ0n) is 13.2. The number of para-hydroxylation sites is 1. The van der Waals surface area contributed by atoms with E-state index in [4.69, 9.17) is 0 Å². The number of rotatable bonds is 3. The Hall–Kier alpha value is -1.45. The van der Waals surface area contributed by atoms with Crippen molar-refractivity contribution in [2.45, 2.75) is 31.7 Å². The van der Waals surface area contributed by atoms with E-state index < -0.39 is 0 Å². The van der Waals surface area contributed by atoms with Crippen LogP contribution >= 0.6 is 0 Å². The third-order valence-electron chi connectivity index (χ3n) is 5.39. The molecule has 2 aromatic rings. The Bertz CT molecular complexity index is 622. The molecule has 0 bridgehead atoms. The molecule has 0 unspecified atom stereocenters. The van der Waals surface area contributed by atoms with E-state index in [-0.39, 0.29) is 0 Å². The van der Waals surface area contributed by atoms with Gasteiger partial charge in [0.25, 0.3) is 0 Å². The Morgan fingerprint density at radius 2 is 1.82 bits per heavy atom. The monoisotopic (exact) mass is 295 g/mol. The Morgan fingerprint density at radius 1 is 1.05 bits per heavy atom. The molecule has 3 heteroatoms. The number of aromatic nitrogens is 1. The maximum atomic E-state index is 4.57. The summed E-state index contributed by atoms with van der Waals surface area (Å²) in [4.78, 5) is 7.28. The molecule has 22 heavy (non-hydrogen) atoms. The lowest BCUT2D eigenvalue weighted by molar-refractivity contribution is 0.126. The van der Waals surface area contributed by atoms with Crippen LogP contribution in [-0.2, 0) is 0 Å². The molecule has 1 aliphatic carbocycles. The highest BCUT2D eigenvalue weighted by Crippen LogP contribution is 2.41. The van der Waals surface area contributed by atoms with Gasteiger partial charge in [-0.05, 0) is 36.5 Å². The predicted octanol–water partition coefficient (Wildman–Crippen LogP) is 3.37. The SMILES string of the molecule is c1ccc2c([C@@H](C3CCCC3)N3CCNCC3)ccnc2c1. The van der Waals surface area contributed by atoms with Crippen molar-refractivity contribution in [1.29, 1.82) is 0 Å². The van der Waals surface area contributed by atoms with Crippen molar-refractivity contribution in [1.82, 2.24) is 15.2 Å². The summed E-state index contributed by atoms with van der Waals surface area (Å²) < 4.78 is 0. The molecule has 2 heterocycles. The van der Waals surface area contributed by atoms with Crippen LogP contribution in [0.25, 0.3) is 10.9 Å². The van der Waals surface area contributed by atoms with Crippen molar-refractivity contribution >= 4 is 10.9 Å². The Balaban J connectivity index is 1.77. The normalized spacial score (nSPS) is 22.2. The van der Waals surface area contributed by atoms with Crippen LogP contribution in [0.4, 0.5) is 0 Å². The molecule has 1 saturated heterocycles. The highest BCUT2D eigenvalue weighted by molar-refractivity contribution is 5.82. The maximum absolute atomic E-state index is 4.57. The molecule has 0 amide bonds. The standard InChI is InChI=1S/C19H25N3/c1-2-6-15(5-1)19(22-13-11-20-12-14-22)17-9-10-21-18-8-4-3-7-16(17)18/h3-4,7-10,15,19-20H,1-2,5-6,11-14H2/t19-/m1/s1. The van der Waals surface area contributed by atoms with Crippen LogP contribution in [0.2, 0.25) is 0 Å². The van der Waals surface area contributed by atoms with Crippen molar-refractivity contribution in [2.75, 3.05) is 26.2 Å². The summed E-state index contributed by atoms with van der Waals surface area (Å²) in [5.41, 5.74) is 2.64. The van der Waals surface area contributed by atoms with Gasteiger partial charge in [0.2, 0.25) is 0 Å². The molecule has 4 rings (SSSR count). The second-order valence-corrected chi connectivity index (χ2v) is 6.69. The van der Waals surface area contributed by atoms with Crippen LogP contribution in [0.5, 0.6) is 0 Å². The van der Waals surface area contributed by atoms with E-state index >= 15 is 0 Å². The average Bonchev–Trinajstić information content (AvgIpc) is 3.11. The fourth-order valence-corrected chi connectivity index (χ4v) is 4.36. The van der Waals surface area contributed by atoms with Crippen LogP contribution in [0, 0.1) is 5.92 Å². The van der Waals surface area contributed by atoms with Gasteiger partial charge in [0.05, 0.1) is 5.52 Å². The summed E-state index contributed by atoms with van der Waals surface area (Å²) in [5.74, 6) is 0.809. The average molecular weight is 295 g/mol. The van der Waals surface area contributed by atoms with E-state index in [2.05, 4.69) is 45.5 Å². The molecule has 2 aliphatic rings. The summed E-state index contributed by atoms with van der Waals surface area (Å²) in [5, 5.41) is 4.84. The molecule has 1 saturated carbocycles. The molecule has 0 spiro atoms. The first-order valence-electron chi connectivity index (χ1n) is 8.72. The smallest absolute Gasteiger partial charge is 0.0705 e. The van der Waals surface area contributed by atoms with Crippen molar-refractivity contribution in [3.05, 3.63) is 42.1 Å². The predicted molar refractivity (Wildman–Crippen MR) is 90.9 cm³/mol. The fourth-order valence-electron chi connectivity index (χ4n) is 4.36. The van der Waals surface area contributed by atoms with Crippen LogP contribution in [0.15, 0.2) is 36.5 Å². The van der Waals surface area contributed by atoms with Crippen molar-refractivity contribution < 1.29 is 0 Å². The topological polar surface area (TPSA) is 28.2 Å². The van der Waals surface area contributed by atoms with Gasteiger partial charge in [0, 0.05) is 43.8 Å². The van der Waals surface area contributed by atoms with Gasteiger partial charge in [0.1, 0.15) is 0 Å². The van der Waals surface area contributed by atoms with Crippen molar-refractivity contribution in [3.63, 3.8) is 0 Å². The number of piperazine rings is 1. The number of fused-ring (bicyclic) bond motifs is 1. The van der Waals surface area contributed by atoms with Crippen LogP contribution < -0.4 is 5.32 Å². The maximum Gasteiger partial charge on any atom is 0.0705 e. The molecule has 2 fully saturated rings. The van der Waals surface area contributed by atoms with Crippen LogP contribution in [-0.4, -0.2) is 36.1 Å². The third kappa shape index (κ3) is 2.64. The van der Waals surface area contributed by atoms with Gasteiger partial charge in [-0.1, -0.05) is 31.0 Å². The third-order valence-corrected chi connectivity index (χ3v) is 5.39. The first-order chi connectivity index (χ1) is 10.9. The van der Waals surface area contributed by atoms with E-state index in [1.165, 1.54) is 36.6 Å². The summed E-state index contributed by atoms with van der Waals surface area (Å²) in [6.45, 7) is 4.56. The number of hydrogen-bond acceptors (Lipinski definition) is 3. The second-order valence-electron chi connectivity index (χ2n) is 6.69. The minimum Gasteiger partial charge on any atom is -0.314 e. The minimum absolute atomic E-state index is 0.567. The highest BCUT2D eigenvalue weighted by Gasteiger charge is 2.32. The Morgan fingerprint density at radius 3 is 2.64 bits per heavy atom. The zero-order chi connectivity index (χ0) is 14.8. The zero-order valence-corrected chi connectivity index (χ0v) is 13.2.